The van der Waals surface area contributed by atoms with Crippen molar-refractivity contribution in [3.63, 3.8) is 0 Å². The number of hydrogen-bond donors (Lipinski definition) is 3. The summed E-state index contributed by atoms with van der Waals surface area (Å²) in [5.41, 5.74) is 11.5. The molecule has 0 unspecified atom stereocenters. The summed E-state index contributed by atoms with van der Waals surface area (Å²) < 4.78 is 12.8. The maximum absolute atomic E-state index is 12.4. The van der Waals surface area contributed by atoms with Crippen LogP contribution in [0.4, 0.5) is 5.69 Å². The summed E-state index contributed by atoms with van der Waals surface area (Å²) in [6.07, 6.45) is 1.54. The quantitative estimate of drug-likeness (QED) is 0.253. The number of benzene rings is 2. The fourth-order valence-electron chi connectivity index (χ4n) is 2.44. The van der Waals surface area contributed by atoms with Crippen LogP contribution in [-0.4, -0.2) is 30.4 Å². The summed E-state index contributed by atoms with van der Waals surface area (Å²) in [6.45, 7) is 6.10. The molecule has 7 nitrogen and oxygen atoms in total. The first-order valence-electron chi connectivity index (χ1n) is 8.95. The van der Waals surface area contributed by atoms with Gasteiger partial charge < -0.3 is 20.5 Å². The molecular weight excluding hydrogens is 536 g/mol. The number of carbonyl (C=O) groups is 1. The molecule has 160 valence electrons. The molecule has 0 aliphatic heterocycles. The summed E-state index contributed by atoms with van der Waals surface area (Å²) in [7, 11) is 0. The largest absolute Gasteiger partial charge is 0.490 e. The number of ether oxygens (including phenoxy) is 2. The summed E-state index contributed by atoms with van der Waals surface area (Å²) in [6, 6.07) is 7.39. The molecule has 0 aromatic heterocycles. The molecule has 0 radical (unpaired) electrons. The van der Waals surface area contributed by atoms with Crippen LogP contribution in [0.15, 0.2) is 38.3 Å². The number of nitrogens with two attached hydrogens (primary N) is 1. The maximum Gasteiger partial charge on any atom is 0.262 e. The lowest BCUT2D eigenvalue weighted by molar-refractivity contribution is -0.118. The molecule has 0 saturated heterocycles. The molecule has 0 aliphatic rings. The highest BCUT2D eigenvalue weighted by molar-refractivity contribution is 9.11. The Labute approximate surface area is 197 Å². The highest BCUT2D eigenvalue weighted by Gasteiger charge is 2.15. The number of rotatable bonds is 8. The van der Waals surface area contributed by atoms with E-state index in [0.717, 1.165) is 21.2 Å². The molecule has 2 rings (SSSR count). The van der Waals surface area contributed by atoms with Crippen molar-refractivity contribution < 1.29 is 14.3 Å². The lowest BCUT2D eigenvalue weighted by Crippen LogP contribution is -2.24. The Kier molecular flexibility index (Phi) is 9.07. The van der Waals surface area contributed by atoms with Crippen LogP contribution in [0.25, 0.3) is 0 Å². The van der Waals surface area contributed by atoms with E-state index >= 15 is 0 Å². The van der Waals surface area contributed by atoms with Gasteiger partial charge in [0.1, 0.15) is 0 Å². The zero-order chi connectivity index (χ0) is 22.3. The van der Waals surface area contributed by atoms with E-state index in [9.17, 15) is 4.79 Å². The Balaban J connectivity index is 2.13. The predicted octanol–water partition coefficient (Wildman–Crippen LogP) is 4.41. The third-order valence-electron chi connectivity index (χ3n) is 3.93. The lowest BCUT2D eigenvalue weighted by atomic mass is 10.1. The minimum absolute atomic E-state index is 0.0664. The van der Waals surface area contributed by atoms with Crippen LogP contribution in [-0.2, 0) is 4.79 Å². The average molecular weight is 558 g/mol. The average Bonchev–Trinajstić information content (AvgIpc) is 2.65. The monoisotopic (exact) mass is 556 g/mol. The Morgan fingerprint density at radius 3 is 2.53 bits per heavy atom. The summed E-state index contributed by atoms with van der Waals surface area (Å²) >= 11 is 11.6. The zero-order valence-corrected chi connectivity index (χ0v) is 20.7. The van der Waals surface area contributed by atoms with E-state index in [1.54, 1.807) is 18.3 Å². The Hall–Kier alpha value is -2.17. The molecule has 2 aromatic carbocycles. The number of thiocarbonyl (C=S) groups is 1. The summed E-state index contributed by atoms with van der Waals surface area (Å²) in [5, 5.41) is 6.84. The van der Waals surface area contributed by atoms with Gasteiger partial charge in [-0.25, -0.2) is 0 Å². The molecule has 2 aromatic rings. The number of amides is 1. The number of hydrazone groups is 1. The van der Waals surface area contributed by atoms with Gasteiger partial charge in [0.25, 0.3) is 5.91 Å². The van der Waals surface area contributed by atoms with Gasteiger partial charge >= 0.3 is 0 Å². The predicted molar refractivity (Wildman–Crippen MR) is 131 cm³/mol. The van der Waals surface area contributed by atoms with Gasteiger partial charge in [0, 0.05) is 4.47 Å². The van der Waals surface area contributed by atoms with Crippen molar-refractivity contribution in [1.29, 1.82) is 0 Å². The van der Waals surface area contributed by atoms with Crippen LogP contribution >= 0.6 is 44.1 Å². The second-order valence-corrected chi connectivity index (χ2v) is 8.40. The van der Waals surface area contributed by atoms with Crippen LogP contribution < -0.4 is 25.9 Å². The van der Waals surface area contributed by atoms with Crippen LogP contribution in [0.1, 0.15) is 23.6 Å². The van der Waals surface area contributed by atoms with Crippen molar-refractivity contribution in [2.24, 2.45) is 10.8 Å². The van der Waals surface area contributed by atoms with Gasteiger partial charge in [-0.3, -0.25) is 10.2 Å². The van der Waals surface area contributed by atoms with Crippen molar-refractivity contribution >= 4 is 67.0 Å². The van der Waals surface area contributed by atoms with Crippen molar-refractivity contribution in [3.05, 3.63) is 49.9 Å². The van der Waals surface area contributed by atoms with Crippen LogP contribution in [0, 0.1) is 13.8 Å². The number of anilines is 1. The lowest BCUT2D eigenvalue weighted by Gasteiger charge is -2.15. The van der Waals surface area contributed by atoms with Gasteiger partial charge in [0.05, 0.1) is 23.0 Å². The number of halogens is 2. The first-order chi connectivity index (χ1) is 14.2. The van der Waals surface area contributed by atoms with E-state index in [2.05, 4.69) is 47.7 Å². The summed E-state index contributed by atoms with van der Waals surface area (Å²) in [4.78, 5) is 12.4. The number of hydrogen-bond acceptors (Lipinski definition) is 5. The first kappa shape index (κ1) is 24.1. The molecule has 10 heteroatoms. The van der Waals surface area contributed by atoms with E-state index in [1.165, 1.54) is 0 Å². The van der Waals surface area contributed by atoms with E-state index in [0.29, 0.717) is 28.3 Å². The molecule has 0 spiro atoms. The second-order valence-electron chi connectivity index (χ2n) is 6.25. The van der Waals surface area contributed by atoms with E-state index in [1.807, 2.05) is 32.9 Å². The SMILES string of the molecule is CCOc1cc(/C=N\NC(N)=S)cc(Br)c1OCC(=O)Nc1cc(C)c(C)cc1Br. The normalized spacial score (nSPS) is 10.7. The highest BCUT2D eigenvalue weighted by atomic mass is 79.9. The van der Waals surface area contributed by atoms with Crippen LogP contribution in [0.2, 0.25) is 0 Å². The van der Waals surface area contributed by atoms with Gasteiger partial charge in [-0.15, -0.1) is 0 Å². The number of nitrogens with one attached hydrogen (secondary N) is 2. The molecule has 0 heterocycles. The smallest absolute Gasteiger partial charge is 0.262 e. The second kappa shape index (κ2) is 11.3. The van der Waals surface area contributed by atoms with Crippen LogP contribution in [0.5, 0.6) is 11.5 Å². The summed E-state index contributed by atoms with van der Waals surface area (Å²) in [5.74, 6) is 0.606. The molecule has 0 bridgehead atoms. The van der Waals surface area contributed by atoms with Crippen molar-refractivity contribution in [2.75, 3.05) is 18.5 Å². The van der Waals surface area contributed by atoms with Crippen molar-refractivity contribution in [3.8, 4) is 11.5 Å². The van der Waals surface area contributed by atoms with Crippen molar-refractivity contribution in [2.45, 2.75) is 20.8 Å². The topological polar surface area (TPSA) is 98.0 Å². The third-order valence-corrected chi connectivity index (χ3v) is 5.26. The van der Waals surface area contributed by atoms with Gasteiger partial charge in [-0.05, 0) is 106 Å². The number of aryl methyl sites for hydroxylation is 2. The van der Waals surface area contributed by atoms with E-state index in [-0.39, 0.29) is 17.6 Å². The van der Waals surface area contributed by atoms with Gasteiger partial charge in [-0.1, -0.05) is 0 Å². The van der Waals surface area contributed by atoms with Crippen LogP contribution in [0.3, 0.4) is 0 Å². The van der Waals surface area contributed by atoms with E-state index < -0.39 is 0 Å². The zero-order valence-electron chi connectivity index (χ0n) is 16.7. The molecule has 0 atom stereocenters. The number of nitrogens with zero attached hydrogens (tertiary/aromatic N) is 1. The number of carbonyl (C=O) groups excluding carboxylic acids is 1. The Morgan fingerprint density at radius 1 is 1.17 bits per heavy atom. The highest BCUT2D eigenvalue weighted by Crippen LogP contribution is 2.36. The molecule has 4 N–H and O–H groups in total. The Bertz CT molecular complexity index is 983. The maximum atomic E-state index is 12.4. The molecule has 30 heavy (non-hydrogen) atoms. The molecule has 0 fully saturated rings. The molecular formula is C20H22Br2N4O3S. The minimum atomic E-state index is -0.292. The Morgan fingerprint density at radius 2 is 1.87 bits per heavy atom. The fraction of sp³-hybridized carbons (Fsp3) is 0.250. The molecule has 0 saturated carbocycles. The van der Waals surface area contributed by atoms with Crippen molar-refractivity contribution in [1.82, 2.24) is 5.43 Å². The first-order valence-corrected chi connectivity index (χ1v) is 10.9. The third kappa shape index (κ3) is 6.96. The van der Waals surface area contributed by atoms with Gasteiger partial charge in [0.2, 0.25) is 0 Å². The van der Waals surface area contributed by atoms with Gasteiger partial charge in [-0.2, -0.15) is 5.10 Å². The van der Waals surface area contributed by atoms with Gasteiger partial charge in [0.15, 0.2) is 23.2 Å². The fourth-order valence-corrected chi connectivity index (χ4v) is 3.62. The minimum Gasteiger partial charge on any atom is -0.490 e. The van der Waals surface area contributed by atoms with E-state index in [4.69, 9.17) is 27.4 Å². The molecule has 1 amide bonds. The molecule has 0 aliphatic carbocycles. The standard InChI is InChI=1S/C20H22Br2N4O3S/c1-4-28-17-8-13(9-24-26-20(23)30)7-15(22)19(17)29-10-18(27)25-16-6-12(3)11(2)5-14(16)21/h5-9H,4,10H2,1-3H3,(H,25,27)(H3,23,26,30)/b24-9-.